The fraction of sp³-hybridized carbons (Fsp3) is 0.400. The first kappa shape index (κ1) is 31.9. The third-order valence-electron chi connectivity index (χ3n) is 11.8. The summed E-state index contributed by atoms with van der Waals surface area (Å²) in [6.07, 6.45) is 2.69. The van der Waals surface area contributed by atoms with Crippen molar-refractivity contribution in [2.45, 2.75) is 18.8 Å². The summed E-state index contributed by atoms with van der Waals surface area (Å²) in [7, 11) is 0. The molecule has 11 nitrogen and oxygen atoms in total. The molecule has 4 heterocycles. The SMILES string of the molecule is O=C1[C@H]2[C@H](CC=C3[C@H]2C[C@H]2C(=O)N(c4ccc(N5CCOCC5)cc4)C(=O)[C@H]2[C@H]3c2cccc(O)c2)C(=O)N1c1ccc(N2CCOCC2)cc1. The summed E-state index contributed by atoms with van der Waals surface area (Å²) >= 11 is 0. The zero-order valence-corrected chi connectivity index (χ0v) is 28.2. The lowest BCUT2D eigenvalue weighted by molar-refractivity contribution is -0.126. The van der Waals surface area contributed by atoms with Crippen LogP contribution in [0.25, 0.3) is 0 Å². The van der Waals surface area contributed by atoms with Crippen LogP contribution in [0.2, 0.25) is 0 Å². The Balaban J connectivity index is 1.04. The van der Waals surface area contributed by atoms with Crippen molar-refractivity contribution >= 4 is 46.4 Å². The van der Waals surface area contributed by atoms with Crippen molar-refractivity contribution in [1.29, 1.82) is 0 Å². The summed E-state index contributed by atoms with van der Waals surface area (Å²) in [5, 5.41) is 10.5. The lowest BCUT2D eigenvalue weighted by Gasteiger charge is -2.44. The van der Waals surface area contributed by atoms with Gasteiger partial charge in [-0.05, 0) is 85.0 Å². The van der Waals surface area contributed by atoms with E-state index in [9.17, 15) is 24.3 Å². The smallest absolute Gasteiger partial charge is 0.238 e. The third kappa shape index (κ3) is 5.24. The van der Waals surface area contributed by atoms with E-state index >= 15 is 0 Å². The van der Waals surface area contributed by atoms with Gasteiger partial charge in [0, 0.05) is 43.5 Å². The molecule has 262 valence electrons. The molecule has 6 atom stereocenters. The van der Waals surface area contributed by atoms with Crippen LogP contribution in [0.5, 0.6) is 5.75 Å². The average molecular weight is 689 g/mol. The number of fused-ring (bicyclic) bond motifs is 4. The number of carbonyl (C=O) groups excluding carboxylic acids is 4. The molecule has 2 aliphatic carbocycles. The Morgan fingerprint density at radius 3 is 1.63 bits per heavy atom. The first-order chi connectivity index (χ1) is 24.9. The van der Waals surface area contributed by atoms with Crippen LogP contribution in [0, 0.1) is 29.6 Å². The van der Waals surface area contributed by atoms with Gasteiger partial charge in [-0.25, -0.2) is 0 Å². The second-order valence-electron chi connectivity index (χ2n) is 14.4. The summed E-state index contributed by atoms with van der Waals surface area (Å²) in [4.78, 5) is 64.3. The van der Waals surface area contributed by atoms with Gasteiger partial charge < -0.3 is 24.4 Å². The third-order valence-corrected chi connectivity index (χ3v) is 11.8. The largest absolute Gasteiger partial charge is 0.508 e. The number of phenolic OH excluding ortho intramolecular Hbond substituents is 1. The predicted molar refractivity (Wildman–Crippen MR) is 190 cm³/mol. The molecular formula is C40H40N4O7. The summed E-state index contributed by atoms with van der Waals surface area (Å²) in [6, 6.07) is 21.9. The van der Waals surface area contributed by atoms with Crippen LogP contribution in [0.1, 0.15) is 24.3 Å². The lowest BCUT2D eigenvalue weighted by Crippen LogP contribution is -2.43. The van der Waals surface area contributed by atoms with E-state index in [1.807, 2.05) is 60.7 Å². The van der Waals surface area contributed by atoms with Crippen LogP contribution >= 0.6 is 0 Å². The van der Waals surface area contributed by atoms with Crippen molar-refractivity contribution in [2.75, 3.05) is 72.2 Å². The van der Waals surface area contributed by atoms with E-state index in [0.29, 0.717) is 50.6 Å². The second kappa shape index (κ2) is 12.6. The number of phenols is 1. The molecule has 5 fully saturated rings. The van der Waals surface area contributed by atoms with E-state index in [2.05, 4.69) is 9.80 Å². The van der Waals surface area contributed by atoms with Crippen molar-refractivity contribution in [1.82, 2.24) is 0 Å². The van der Waals surface area contributed by atoms with E-state index in [-0.39, 0.29) is 29.4 Å². The first-order valence-corrected chi connectivity index (χ1v) is 18.0. The number of anilines is 4. The van der Waals surface area contributed by atoms with Gasteiger partial charge in [0.1, 0.15) is 5.75 Å². The number of amides is 4. The fourth-order valence-electron chi connectivity index (χ4n) is 9.46. The van der Waals surface area contributed by atoms with E-state index in [4.69, 9.17) is 9.47 Å². The highest BCUT2D eigenvalue weighted by Gasteiger charge is 2.62. The number of hydrogen-bond donors (Lipinski definition) is 1. The molecular weight excluding hydrogens is 648 g/mol. The fourth-order valence-corrected chi connectivity index (χ4v) is 9.46. The molecule has 0 bridgehead atoms. The minimum atomic E-state index is -0.701. The minimum Gasteiger partial charge on any atom is -0.508 e. The maximum Gasteiger partial charge on any atom is 0.238 e. The molecule has 3 aromatic rings. The topological polar surface area (TPSA) is 120 Å². The highest BCUT2D eigenvalue weighted by molar-refractivity contribution is 6.24. The Kier molecular flexibility index (Phi) is 7.92. The number of aromatic hydroxyl groups is 1. The quantitative estimate of drug-likeness (QED) is 0.312. The van der Waals surface area contributed by atoms with Crippen LogP contribution in [0.4, 0.5) is 22.7 Å². The second-order valence-corrected chi connectivity index (χ2v) is 14.4. The van der Waals surface area contributed by atoms with Crippen molar-refractivity contribution in [2.24, 2.45) is 29.6 Å². The van der Waals surface area contributed by atoms with Crippen LogP contribution in [0.15, 0.2) is 84.4 Å². The summed E-state index contributed by atoms with van der Waals surface area (Å²) < 4.78 is 11.0. The number of carbonyl (C=O) groups is 4. The molecule has 0 radical (unpaired) electrons. The summed E-state index contributed by atoms with van der Waals surface area (Å²) in [6.45, 7) is 5.71. The number of nitrogens with zero attached hydrogens (tertiary/aromatic N) is 4. The number of morpholine rings is 2. The highest BCUT2D eigenvalue weighted by Crippen LogP contribution is 2.58. The number of imide groups is 2. The molecule has 9 rings (SSSR count). The highest BCUT2D eigenvalue weighted by atomic mass is 16.5. The lowest BCUT2D eigenvalue weighted by atomic mass is 9.57. The van der Waals surface area contributed by atoms with Crippen molar-refractivity contribution in [3.8, 4) is 5.75 Å². The van der Waals surface area contributed by atoms with Gasteiger partial charge in [-0.3, -0.25) is 29.0 Å². The van der Waals surface area contributed by atoms with Gasteiger partial charge in [0.25, 0.3) is 0 Å². The molecule has 6 aliphatic rings. The minimum absolute atomic E-state index is 0.0617. The average Bonchev–Trinajstić information content (AvgIpc) is 3.58. The molecule has 3 aromatic carbocycles. The number of benzene rings is 3. The Morgan fingerprint density at radius 2 is 1.08 bits per heavy atom. The van der Waals surface area contributed by atoms with Gasteiger partial charge in [-0.2, -0.15) is 0 Å². The van der Waals surface area contributed by atoms with Gasteiger partial charge in [-0.15, -0.1) is 0 Å². The van der Waals surface area contributed by atoms with Gasteiger partial charge in [0.2, 0.25) is 23.6 Å². The molecule has 0 unspecified atom stereocenters. The van der Waals surface area contributed by atoms with Crippen LogP contribution in [0.3, 0.4) is 0 Å². The molecule has 4 amide bonds. The van der Waals surface area contributed by atoms with Gasteiger partial charge >= 0.3 is 0 Å². The predicted octanol–water partition coefficient (Wildman–Crippen LogP) is 4.11. The molecule has 11 heteroatoms. The number of hydrogen-bond acceptors (Lipinski definition) is 9. The number of rotatable bonds is 5. The summed E-state index contributed by atoms with van der Waals surface area (Å²) in [5.41, 5.74) is 4.69. The Bertz CT molecular complexity index is 1920. The van der Waals surface area contributed by atoms with Crippen molar-refractivity contribution < 1.29 is 33.8 Å². The van der Waals surface area contributed by atoms with Crippen LogP contribution < -0.4 is 19.6 Å². The standard InChI is InChI=1S/C40H40N4O7/c45-29-3-1-2-24(22-29)34-30-12-13-31-35(39(48)43(37(31)46)27-8-4-25(5-9-27)41-14-18-50-19-15-41)32(30)23-33-36(34)40(49)44(38(33)47)28-10-6-26(7-11-28)42-16-20-51-21-17-42/h1-12,22,31-36,45H,13-21,23H2/t31-,32+,33+,34-,35-,36+/m0/s1. The molecule has 4 aliphatic heterocycles. The Hall–Kier alpha value is -5.00. The van der Waals surface area contributed by atoms with Crippen molar-refractivity contribution in [3.63, 3.8) is 0 Å². The zero-order valence-electron chi connectivity index (χ0n) is 28.2. The van der Waals surface area contributed by atoms with E-state index in [1.54, 1.807) is 18.2 Å². The molecule has 0 aromatic heterocycles. The zero-order chi connectivity index (χ0) is 34.8. The molecule has 1 saturated carbocycles. The van der Waals surface area contributed by atoms with Crippen molar-refractivity contribution in [3.05, 3.63) is 90.0 Å². The van der Waals surface area contributed by atoms with E-state index in [1.165, 1.54) is 9.80 Å². The molecule has 51 heavy (non-hydrogen) atoms. The normalized spacial score (nSPS) is 29.2. The first-order valence-electron chi connectivity index (χ1n) is 18.0. The maximum absolute atomic E-state index is 14.5. The van der Waals surface area contributed by atoms with Gasteiger partial charge in [0.05, 0.1) is 61.5 Å². The molecule has 0 spiro atoms. The molecule has 4 saturated heterocycles. The van der Waals surface area contributed by atoms with E-state index in [0.717, 1.165) is 48.7 Å². The van der Waals surface area contributed by atoms with Gasteiger partial charge in [0.15, 0.2) is 0 Å². The number of allylic oxidation sites excluding steroid dienone is 2. The monoisotopic (exact) mass is 688 g/mol. The van der Waals surface area contributed by atoms with Crippen LogP contribution in [-0.2, 0) is 28.7 Å². The van der Waals surface area contributed by atoms with E-state index < -0.39 is 35.5 Å². The number of ether oxygens (including phenoxy) is 2. The maximum atomic E-state index is 14.5. The van der Waals surface area contributed by atoms with Gasteiger partial charge in [-0.1, -0.05) is 23.8 Å². The Morgan fingerprint density at radius 1 is 0.569 bits per heavy atom. The van der Waals surface area contributed by atoms with Crippen LogP contribution in [-0.4, -0.2) is 81.3 Å². The Labute approximate surface area is 296 Å². The molecule has 1 N–H and O–H groups in total. The summed E-state index contributed by atoms with van der Waals surface area (Å²) in [5.74, 6) is -4.53.